The van der Waals surface area contributed by atoms with Crippen molar-refractivity contribution in [2.75, 3.05) is 19.6 Å². The molecule has 0 saturated carbocycles. The molecule has 0 aromatic heterocycles. The van der Waals surface area contributed by atoms with Gasteiger partial charge in [-0.2, -0.15) is 0 Å². The zero-order valence-electron chi connectivity index (χ0n) is 38.0. The van der Waals surface area contributed by atoms with Crippen LogP contribution >= 0.6 is 0 Å². The number of carbonyl (C=O) groups excluding carboxylic acids is 1. The largest absolute Gasteiger partial charge is 1.00 e. The van der Waals surface area contributed by atoms with E-state index >= 15 is 0 Å². The van der Waals surface area contributed by atoms with E-state index in [1.807, 2.05) is 0 Å². The number of nitrogens with zero attached hydrogens (tertiary/aromatic N) is 1. The summed E-state index contributed by atoms with van der Waals surface area (Å²) in [7, 11) is 0. The molecule has 0 aromatic carbocycles. The Bertz CT molecular complexity index is 629. The quantitative estimate of drug-likeness (QED) is 0.0457. The summed E-state index contributed by atoms with van der Waals surface area (Å²) in [6.07, 6.45) is 60.6. The molecule has 0 aliphatic rings. The molecule has 0 fully saturated rings. The predicted molar refractivity (Wildman–Crippen MR) is 236 cm³/mol. The van der Waals surface area contributed by atoms with E-state index in [2.05, 4.69) is 18.7 Å². The maximum Gasteiger partial charge on any atom is 1.00 e. The fourth-order valence-corrected chi connectivity index (χ4v) is 8.30. The van der Waals surface area contributed by atoms with Gasteiger partial charge in [0.05, 0.1) is 0 Å². The summed E-state index contributed by atoms with van der Waals surface area (Å²) < 4.78 is 0. The van der Waals surface area contributed by atoms with Crippen LogP contribution in [0.15, 0.2) is 0 Å². The summed E-state index contributed by atoms with van der Waals surface area (Å²) >= 11 is 0. The van der Waals surface area contributed by atoms with E-state index in [9.17, 15) is 9.90 Å². The third-order valence-corrected chi connectivity index (χ3v) is 12.0. The van der Waals surface area contributed by atoms with E-state index in [4.69, 9.17) is 0 Å². The van der Waals surface area contributed by atoms with E-state index < -0.39 is 5.97 Å². The van der Waals surface area contributed by atoms with Gasteiger partial charge in [-0.1, -0.05) is 264 Å². The molecular formula is C50H100NNaO2. The molecule has 0 atom stereocenters. The Morgan fingerprint density at radius 3 is 0.648 bits per heavy atom. The van der Waals surface area contributed by atoms with Gasteiger partial charge in [0.15, 0.2) is 0 Å². The van der Waals surface area contributed by atoms with Crippen LogP contribution in [0.5, 0.6) is 0 Å². The number of carboxylic acid groups (broad SMARTS) is 1. The van der Waals surface area contributed by atoms with Crippen molar-refractivity contribution < 1.29 is 39.5 Å². The van der Waals surface area contributed by atoms with Crippen LogP contribution in [0.2, 0.25) is 0 Å². The molecule has 0 aliphatic heterocycles. The van der Waals surface area contributed by atoms with Crippen molar-refractivity contribution in [3.8, 4) is 0 Å². The number of aliphatic carboxylic acids is 1. The van der Waals surface area contributed by atoms with E-state index in [0.29, 0.717) is 0 Å². The van der Waals surface area contributed by atoms with Crippen molar-refractivity contribution in [2.24, 2.45) is 0 Å². The van der Waals surface area contributed by atoms with Crippen molar-refractivity contribution in [3.05, 3.63) is 0 Å². The SMILES string of the molecule is CCCCCCCCCCCCCCCCCCCCCCN(CCCCCCCCCCCCCCCCCCCCCC)CCCCCC(=O)[O-].[Na+]. The van der Waals surface area contributed by atoms with Gasteiger partial charge in [-0.05, 0) is 51.7 Å². The fraction of sp³-hybridized carbons (Fsp3) is 0.980. The van der Waals surface area contributed by atoms with E-state index in [0.717, 1.165) is 25.8 Å². The van der Waals surface area contributed by atoms with Crippen LogP contribution in [0.25, 0.3) is 0 Å². The van der Waals surface area contributed by atoms with Crippen molar-refractivity contribution in [1.82, 2.24) is 4.90 Å². The number of hydrogen-bond acceptors (Lipinski definition) is 3. The molecule has 0 aliphatic carbocycles. The molecular weight excluding hydrogens is 670 g/mol. The van der Waals surface area contributed by atoms with Crippen molar-refractivity contribution in [2.45, 2.75) is 296 Å². The molecule has 0 spiro atoms. The van der Waals surface area contributed by atoms with Gasteiger partial charge in [0.1, 0.15) is 0 Å². The summed E-state index contributed by atoms with van der Waals surface area (Å²) in [5.74, 6) is -0.893. The van der Waals surface area contributed by atoms with Crippen LogP contribution in [0.1, 0.15) is 296 Å². The minimum Gasteiger partial charge on any atom is -0.550 e. The summed E-state index contributed by atoms with van der Waals surface area (Å²) in [6.45, 7) is 8.22. The molecule has 0 amide bonds. The molecule has 0 heterocycles. The Labute approximate surface area is 364 Å². The van der Waals surface area contributed by atoms with Gasteiger partial charge in [0.2, 0.25) is 0 Å². The monoisotopic (exact) mass is 770 g/mol. The Morgan fingerprint density at radius 1 is 0.296 bits per heavy atom. The molecule has 0 radical (unpaired) electrons. The van der Waals surface area contributed by atoms with Gasteiger partial charge in [0, 0.05) is 5.97 Å². The number of carbonyl (C=O) groups is 1. The maximum atomic E-state index is 10.8. The second kappa shape index (κ2) is 51.4. The normalized spacial score (nSPS) is 11.5. The van der Waals surface area contributed by atoms with Gasteiger partial charge in [-0.25, -0.2) is 0 Å². The molecule has 318 valence electrons. The number of carboxylic acids is 1. The van der Waals surface area contributed by atoms with Crippen LogP contribution in [0, 0.1) is 0 Å². The third-order valence-electron chi connectivity index (χ3n) is 12.0. The number of rotatable bonds is 48. The summed E-state index contributed by atoms with van der Waals surface area (Å²) in [4.78, 5) is 13.5. The minimum absolute atomic E-state index is 0. The number of hydrogen-bond donors (Lipinski definition) is 0. The molecule has 0 N–H and O–H groups in total. The van der Waals surface area contributed by atoms with Crippen LogP contribution < -0.4 is 34.7 Å². The second-order valence-electron chi connectivity index (χ2n) is 17.5. The molecule has 3 nitrogen and oxygen atoms in total. The first-order valence-corrected chi connectivity index (χ1v) is 25.1. The van der Waals surface area contributed by atoms with E-state index in [-0.39, 0.29) is 36.0 Å². The summed E-state index contributed by atoms with van der Waals surface area (Å²) in [6, 6.07) is 0. The zero-order chi connectivity index (χ0) is 38.4. The van der Waals surface area contributed by atoms with E-state index in [1.165, 1.54) is 270 Å². The first kappa shape index (κ1) is 56.5. The fourth-order valence-electron chi connectivity index (χ4n) is 8.30. The molecule has 0 aromatic rings. The Hall–Kier alpha value is 0.430. The minimum atomic E-state index is -0.893. The smallest absolute Gasteiger partial charge is 0.550 e. The average Bonchev–Trinajstić information content (AvgIpc) is 3.15. The maximum absolute atomic E-state index is 10.8. The third kappa shape index (κ3) is 50.4. The van der Waals surface area contributed by atoms with Gasteiger partial charge < -0.3 is 14.8 Å². The molecule has 0 unspecified atom stereocenters. The van der Waals surface area contributed by atoms with E-state index in [1.54, 1.807) is 0 Å². The molecule has 0 rings (SSSR count). The second-order valence-corrected chi connectivity index (χ2v) is 17.5. The predicted octanol–water partition coefficient (Wildman–Crippen LogP) is 13.2. The Morgan fingerprint density at radius 2 is 0.463 bits per heavy atom. The molecule has 0 saturated heterocycles. The van der Waals surface area contributed by atoms with Gasteiger partial charge >= 0.3 is 29.6 Å². The van der Waals surface area contributed by atoms with Crippen LogP contribution in [0.3, 0.4) is 0 Å². The number of unbranched alkanes of at least 4 members (excludes halogenated alkanes) is 40. The van der Waals surface area contributed by atoms with Gasteiger partial charge in [-0.15, -0.1) is 0 Å². The van der Waals surface area contributed by atoms with Gasteiger partial charge in [0.25, 0.3) is 0 Å². The first-order chi connectivity index (χ1) is 26.2. The zero-order valence-corrected chi connectivity index (χ0v) is 40.0. The van der Waals surface area contributed by atoms with Crippen molar-refractivity contribution >= 4 is 5.97 Å². The summed E-state index contributed by atoms with van der Waals surface area (Å²) in [5, 5.41) is 10.8. The van der Waals surface area contributed by atoms with Gasteiger partial charge in [-0.3, -0.25) is 0 Å². The van der Waals surface area contributed by atoms with Crippen LogP contribution in [-0.4, -0.2) is 30.5 Å². The molecule has 4 heteroatoms. The standard InChI is InChI=1S/C50H101NO2.Na/c1-3-5-7-9-11-13-15-17-19-21-23-25-27-29-31-33-35-37-39-43-47-51(49-45-41-42-46-50(52)53)48-44-40-38-36-34-32-30-28-26-24-22-20-18-16-14-12-10-8-6-4-2;/h3-49H2,1-2H3,(H,52,53);/q;+1/p-1. The summed E-state index contributed by atoms with van der Waals surface area (Å²) in [5.41, 5.74) is 0. The topological polar surface area (TPSA) is 43.4 Å². The molecule has 54 heavy (non-hydrogen) atoms. The van der Waals surface area contributed by atoms with Crippen molar-refractivity contribution in [3.63, 3.8) is 0 Å². The average molecular weight is 770 g/mol. The van der Waals surface area contributed by atoms with Crippen LogP contribution in [-0.2, 0) is 4.79 Å². The van der Waals surface area contributed by atoms with Crippen LogP contribution in [0.4, 0.5) is 0 Å². The Kier molecular flexibility index (Phi) is 53.9. The first-order valence-electron chi connectivity index (χ1n) is 25.1. The van der Waals surface area contributed by atoms with Crippen molar-refractivity contribution in [1.29, 1.82) is 0 Å². The molecule has 0 bridgehead atoms. The Balaban J connectivity index is 0.